The Hall–Kier alpha value is -2.80. The summed E-state index contributed by atoms with van der Waals surface area (Å²) in [7, 11) is 0. The Balaban J connectivity index is 2.13. The standard InChI is InChI=1S/C22H26N2O2/c1-16(12-23)13-24(14-21-11-18(3)17(2)10-19(21)4)22(25)26-15-20-8-6-5-7-9-20/h5-11,16H,13-15H2,1-4H3. The van der Waals surface area contributed by atoms with Gasteiger partial charge in [0.25, 0.3) is 0 Å². The van der Waals surface area contributed by atoms with E-state index in [2.05, 4.69) is 32.0 Å². The average Bonchev–Trinajstić information content (AvgIpc) is 2.64. The zero-order chi connectivity index (χ0) is 19.1. The Bertz CT molecular complexity index is 794. The molecule has 0 aliphatic rings. The number of hydrogen-bond acceptors (Lipinski definition) is 3. The minimum atomic E-state index is -0.395. The van der Waals surface area contributed by atoms with Gasteiger partial charge in [0.05, 0.1) is 12.0 Å². The summed E-state index contributed by atoms with van der Waals surface area (Å²) in [5.74, 6) is -0.258. The summed E-state index contributed by atoms with van der Waals surface area (Å²) < 4.78 is 5.48. The van der Waals surface area contributed by atoms with E-state index in [1.165, 1.54) is 11.1 Å². The van der Waals surface area contributed by atoms with Crippen LogP contribution in [0, 0.1) is 38.0 Å². The van der Waals surface area contributed by atoms with E-state index < -0.39 is 6.09 Å². The minimum absolute atomic E-state index is 0.225. The molecule has 0 aliphatic carbocycles. The molecule has 2 rings (SSSR count). The maximum Gasteiger partial charge on any atom is 0.410 e. The molecular formula is C22H26N2O2. The van der Waals surface area contributed by atoms with E-state index >= 15 is 0 Å². The third kappa shape index (κ3) is 5.35. The van der Waals surface area contributed by atoms with Gasteiger partial charge in [-0.3, -0.25) is 0 Å². The number of carbonyl (C=O) groups excluding carboxylic acids is 1. The Labute approximate surface area is 156 Å². The van der Waals surface area contributed by atoms with Crippen molar-refractivity contribution in [3.63, 3.8) is 0 Å². The third-order valence-electron chi connectivity index (χ3n) is 4.49. The highest BCUT2D eigenvalue weighted by Crippen LogP contribution is 2.18. The molecule has 4 nitrogen and oxygen atoms in total. The van der Waals surface area contributed by atoms with E-state index in [9.17, 15) is 4.79 Å². The number of carbonyl (C=O) groups is 1. The minimum Gasteiger partial charge on any atom is -0.445 e. The summed E-state index contributed by atoms with van der Waals surface area (Å²) in [6.45, 7) is 9.00. The fourth-order valence-electron chi connectivity index (χ4n) is 2.78. The molecule has 0 bridgehead atoms. The second-order valence-electron chi connectivity index (χ2n) is 6.81. The topological polar surface area (TPSA) is 53.3 Å². The molecular weight excluding hydrogens is 324 g/mol. The van der Waals surface area contributed by atoms with Crippen molar-refractivity contribution in [3.8, 4) is 6.07 Å². The maximum atomic E-state index is 12.6. The average molecular weight is 350 g/mol. The summed E-state index contributed by atoms with van der Waals surface area (Å²) >= 11 is 0. The summed E-state index contributed by atoms with van der Waals surface area (Å²) in [5.41, 5.74) is 5.58. The maximum absolute atomic E-state index is 12.6. The molecule has 2 aromatic rings. The SMILES string of the molecule is Cc1cc(C)c(CN(CC(C)C#N)C(=O)OCc2ccccc2)cc1C. The van der Waals surface area contributed by atoms with Crippen LogP contribution in [-0.2, 0) is 17.9 Å². The van der Waals surface area contributed by atoms with Gasteiger partial charge < -0.3 is 9.64 Å². The second kappa shape index (κ2) is 9.05. The molecule has 0 aromatic heterocycles. The molecule has 0 radical (unpaired) electrons. The van der Waals surface area contributed by atoms with Gasteiger partial charge in [-0.25, -0.2) is 4.79 Å². The molecule has 1 amide bonds. The van der Waals surface area contributed by atoms with E-state index in [1.807, 2.05) is 44.2 Å². The van der Waals surface area contributed by atoms with Gasteiger partial charge in [-0.15, -0.1) is 0 Å². The first-order chi connectivity index (χ1) is 12.4. The molecule has 0 spiro atoms. The molecule has 0 N–H and O–H groups in total. The summed E-state index contributed by atoms with van der Waals surface area (Å²) in [4.78, 5) is 14.2. The fraction of sp³-hybridized carbons (Fsp3) is 0.364. The number of ether oxygens (including phenoxy) is 1. The van der Waals surface area contributed by atoms with E-state index in [0.29, 0.717) is 13.1 Å². The van der Waals surface area contributed by atoms with Gasteiger partial charge >= 0.3 is 6.09 Å². The number of nitriles is 1. The number of benzene rings is 2. The molecule has 0 saturated carbocycles. The number of hydrogen-bond donors (Lipinski definition) is 0. The van der Waals surface area contributed by atoms with Crippen molar-refractivity contribution in [2.75, 3.05) is 6.54 Å². The fourth-order valence-corrected chi connectivity index (χ4v) is 2.78. The van der Waals surface area contributed by atoms with Crippen LogP contribution in [0.15, 0.2) is 42.5 Å². The van der Waals surface area contributed by atoms with Gasteiger partial charge in [0.2, 0.25) is 0 Å². The van der Waals surface area contributed by atoms with Crippen molar-refractivity contribution in [1.29, 1.82) is 5.26 Å². The molecule has 0 heterocycles. The lowest BCUT2D eigenvalue weighted by Crippen LogP contribution is -2.34. The van der Waals surface area contributed by atoms with Gasteiger partial charge in [0, 0.05) is 13.1 Å². The lowest BCUT2D eigenvalue weighted by atomic mass is 10.0. The van der Waals surface area contributed by atoms with E-state index in [-0.39, 0.29) is 12.5 Å². The van der Waals surface area contributed by atoms with Gasteiger partial charge in [-0.05, 0) is 55.5 Å². The first-order valence-corrected chi connectivity index (χ1v) is 8.82. The highest BCUT2D eigenvalue weighted by molar-refractivity contribution is 5.68. The number of amides is 1. The zero-order valence-corrected chi connectivity index (χ0v) is 16.0. The third-order valence-corrected chi connectivity index (χ3v) is 4.49. The predicted molar refractivity (Wildman–Crippen MR) is 102 cm³/mol. The molecule has 136 valence electrons. The van der Waals surface area contributed by atoms with Crippen LogP contribution in [0.4, 0.5) is 4.79 Å². The monoisotopic (exact) mass is 350 g/mol. The molecule has 0 aliphatic heterocycles. The van der Waals surface area contributed by atoms with Gasteiger partial charge in [0.1, 0.15) is 6.61 Å². The Morgan fingerprint density at radius 2 is 1.77 bits per heavy atom. The van der Waals surface area contributed by atoms with E-state index in [4.69, 9.17) is 10.00 Å². The molecule has 0 fully saturated rings. The Kier molecular flexibility index (Phi) is 6.80. The quantitative estimate of drug-likeness (QED) is 0.744. The highest BCUT2D eigenvalue weighted by atomic mass is 16.6. The van der Waals surface area contributed by atoms with Gasteiger partial charge in [-0.1, -0.05) is 42.5 Å². The first kappa shape index (κ1) is 19.5. The Morgan fingerprint density at radius 1 is 1.12 bits per heavy atom. The summed E-state index contributed by atoms with van der Waals surface area (Å²) in [6, 6.07) is 16.0. The number of aryl methyl sites for hydroxylation is 3. The number of rotatable bonds is 6. The number of nitrogens with zero attached hydrogens (tertiary/aromatic N) is 2. The van der Waals surface area contributed by atoms with Crippen molar-refractivity contribution in [3.05, 3.63) is 70.3 Å². The molecule has 1 unspecified atom stereocenters. The smallest absolute Gasteiger partial charge is 0.410 e. The highest BCUT2D eigenvalue weighted by Gasteiger charge is 2.19. The van der Waals surface area contributed by atoms with Crippen molar-refractivity contribution in [2.24, 2.45) is 5.92 Å². The molecule has 4 heteroatoms. The molecule has 0 saturated heterocycles. The molecule has 26 heavy (non-hydrogen) atoms. The lowest BCUT2D eigenvalue weighted by Gasteiger charge is -2.24. The van der Waals surface area contributed by atoms with Crippen LogP contribution in [0.25, 0.3) is 0 Å². The molecule has 2 aromatic carbocycles. The van der Waals surface area contributed by atoms with Crippen LogP contribution in [0.2, 0.25) is 0 Å². The van der Waals surface area contributed by atoms with Crippen molar-refractivity contribution in [1.82, 2.24) is 4.90 Å². The second-order valence-corrected chi connectivity index (χ2v) is 6.81. The Morgan fingerprint density at radius 3 is 2.42 bits per heavy atom. The van der Waals surface area contributed by atoms with Gasteiger partial charge in [0.15, 0.2) is 0 Å². The van der Waals surface area contributed by atoms with Crippen LogP contribution in [0.3, 0.4) is 0 Å². The largest absolute Gasteiger partial charge is 0.445 e. The van der Waals surface area contributed by atoms with Crippen molar-refractivity contribution in [2.45, 2.75) is 40.8 Å². The first-order valence-electron chi connectivity index (χ1n) is 8.82. The van der Waals surface area contributed by atoms with Crippen LogP contribution in [0.1, 0.15) is 34.7 Å². The molecule has 1 atom stereocenters. The van der Waals surface area contributed by atoms with E-state index in [1.54, 1.807) is 4.90 Å². The summed E-state index contributed by atoms with van der Waals surface area (Å²) in [5, 5.41) is 9.15. The van der Waals surface area contributed by atoms with Gasteiger partial charge in [-0.2, -0.15) is 5.26 Å². The van der Waals surface area contributed by atoms with Crippen LogP contribution in [0.5, 0.6) is 0 Å². The lowest BCUT2D eigenvalue weighted by molar-refractivity contribution is 0.0908. The van der Waals surface area contributed by atoms with Crippen LogP contribution in [-0.4, -0.2) is 17.5 Å². The van der Waals surface area contributed by atoms with Crippen molar-refractivity contribution >= 4 is 6.09 Å². The van der Waals surface area contributed by atoms with Crippen LogP contribution >= 0.6 is 0 Å². The normalized spacial score (nSPS) is 11.5. The zero-order valence-electron chi connectivity index (χ0n) is 16.0. The van der Waals surface area contributed by atoms with E-state index in [0.717, 1.165) is 16.7 Å². The predicted octanol–water partition coefficient (Wildman–Crippen LogP) is 4.91. The van der Waals surface area contributed by atoms with Crippen LogP contribution < -0.4 is 0 Å². The van der Waals surface area contributed by atoms with Crippen molar-refractivity contribution < 1.29 is 9.53 Å². The summed E-state index contributed by atoms with van der Waals surface area (Å²) in [6.07, 6.45) is -0.395.